The third kappa shape index (κ3) is 5.49. The molecule has 1 unspecified atom stereocenters. The molecule has 1 atom stereocenters. The monoisotopic (exact) mass is 346 g/mol. The Bertz CT molecular complexity index is 751. The molecular weight excluding hydrogens is 327 g/mol. The molecule has 2 aromatic carbocycles. The Morgan fingerprint density at radius 2 is 1.88 bits per heavy atom. The molecule has 0 aliphatic heterocycles. The topological polar surface area (TPSA) is 76.7 Å². The lowest BCUT2D eigenvalue weighted by Crippen LogP contribution is -2.47. The lowest BCUT2D eigenvalue weighted by molar-refractivity contribution is -0.132. The number of carbonyl (C=O) groups is 2. The summed E-state index contributed by atoms with van der Waals surface area (Å²) >= 11 is 0. The van der Waals surface area contributed by atoms with Crippen LogP contribution in [0.4, 0.5) is 4.39 Å². The van der Waals surface area contributed by atoms with E-state index in [9.17, 15) is 14.0 Å². The first kappa shape index (κ1) is 18.3. The standard InChI is InChI=1S/C18H19FN2O4/c1-12(25-16-9-4-3-8-15(16)19)18(23)21-20-17(22)11-13-6-5-7-14(10-13)24-2/h3-10,12H,11H2,1-2H3,(H,20,22)(H,21,23). The van der Waals surface area contributed by atoms with E-state index in [0.29, 0.717) is 5.75 Å². The van der Waals surface area contributed by atoms with Gasteiger partial charge in [0.25, 0.3) is 5.91 Å². The van der Waals surface area contributed by atoms with E-state index in [1.54, 1.807) is 30.3 Å². The minimum Gasteiger partial charge on any atom is -0.497 e. The van der Waals surface area contributed by atoms with Gasteiger partial charge in [0.05, 0.1) is 13.5 Å². The summed E-state index contributed by atoms with van der Waals surface area (Å²) in [6.07, 6.45) is -0.908. The van der Waals surface area contributed by atoms with E-state index < -0.39 is 23.7 Å². The lowest BCUT2D eigenvalue weighted by Gasteiger charge is -2.15. The average molecular weight is 346 g/mol. The first-order chi connectivity index (χ1) is 12.0. The highest BCUT2D eigenvalue weighted by atomic mass is 19.1. The number of hydrogen-bond donors (Lipinski definition) is 2. The van der Waals surface area contributed by atoms with Gasteiger partial charge in [-0.1, -0.05) is 24.3 Å². The van der Waals surface area contributed by atoms with Gasteiger partial charge in [-0.25, -0.2) is 4.39 Å². The largest absolute Gasteiger partial charge is 0.497 e. The number of halogens is 1. The molecule has 132 valence electrons. The van der Waals surface area contributed by atoms with Gasteiger partial charge >= 0.3 is 0 Å². The van der Waals surface area contributed by atoms with Crippen molar-refractivity contribution in [2.75, 3.05) is 7.11 Å². The first-order valence-electron chi connectivity index (χ1n) is 7.62. The Hall–Kier alpha value is -3.09. The maximum absolute atomic E-state index is 13.5. The second kappa shape index (κ2) is 8.68. The minimum absolute atomic E-state index is 0.0344. The molecule has 2 rings (SSSR count). The van der Waals surface area contributed by atoms with E-state index in [4.69, 9.17) is 9.47 Å². The molecule has 7 heteroatoms. The van der Waals surface area contributed by atoms with E-state index in [1.165, 1.54) is 32.2 Å². The van der Waals surface area contributed by atoms with Crippen LogP contribution in [0.1, 0.15) is 12.5 Å². The van der Waals surface area contributed by atoms with Crippen molar-refractivity contribution in [3.63, 3.8) is 0 Å². The fourth-order valence-corrected chi connectivity index (χ4v) is 2.03. The SMILES string of the molecule is COc1cccc(CC(=O)NNC(=O)C(C)Oc2ccccc2F)c1. The molecular formula is C18H19FN2O4. The summed E-state index contributed by atoms with van der Waals surface area (Å²) in [6, 6.07) is 12.8. The second-order valence-electron chi connectivity index (χ2n) is 5.26. The number of nitrogens with one attached hydrogen (secondary N) is 2. The van der Waals surface area contributed by atoms with E-state index in [-0.39, 0.29) is 12.2 Å². The Kier molecular flexibility index (Phi) is 6.33. The van der Waals surface area contributed by atoms with Crippen LogP contribution in [0.2, 0.25) is 0 Å². The van der Waals surface area contributed by atoms with Gasteiger partial charge in [-0.15, -0.1) is 0 Å². The minimum atomic E-state index is -0.978. The molecule has 25 heavy (non-hydrogen) atoms. The smallest absolute Gasteiger partial charge is 0.279 e. The van der Waals surface area contributed by atoms with Gasteiger partial charge in [0.15, 0.2) is 17.7 Å². The van der Waals surface area contributed by atoms with Gasteiger partial charge in [0.2, 0.25) is 5.91 Å². The number of rotatable bonds is 6. The van der Waals surface area contributed by atoms with Gasteiger partial charge < -0.3 is 9.47 Å². The Labute approximate surface area is 144 Å². The molecule has 2 aromatic rings. The van der Waals surface area contributed by atoms with Crippen molar-refractivity contribution in [3.05, 3.63) is 59.9 Å². The van der Waals surface area contributed by atoms with E-state index in [1.807, 2.05) is 0 Å². The van der Waals surface area contributed by atoms with Gasteiger partial charge in [0, 0.05) is 0 Å². The van der Waals surface area contributed by atoms with Crippen LogP contribution in [-0.2, 0) is 16.0 Å². The van der Waals surface area contributed by atoms with Crippen LogP contribution in [0.25, 0.3) is 0 Å². The molecule has 0 aliphatic rings. The maximum atomic E-state index is 13.5. The predicted molar refractivity (Wildman–Crippen MR) is 89.5 cm³/mol. The average Bonchev–Trinajstić information content (AvgIpc) is 2.61. The summed E-state index contributed by atoms with van der Waals surface area (Å²) < 4.78 is 23.8. The molecule has 0 aliphatic carbocycles. The third-order valence-corrected chi connectivity index (χ3v) is 3.33. The summed E-state index contributed by atoms with van der Waals surface area (Å²) in [5.74, 6) is -0.958. The number of benzene rings is 2. The highest BCUT2D eigenvalue weighted by molar-refractivity contribution is 5.85. The zero-order valence-electron chi connectivity index (χ0n) is 13.9. The fraction of sp³-hybridized carbons (Fsp3) is 0.222. The van der Waals surface area contributed by atoms with Crippen LogP contribution in [0, 0.1) is 5.82 Å². The van der Waals surface area contributed by atoms with Crippen LogP contribution in [0.5, 0.6) is 11.5 Å². The highest BCUT2D eigenvalue weighted by Gasteiger charge is 2.17. The number of amides is 2. The quantitative estimate of drug-likeness (QED) is 0.785. The molecule has 0 spiro atoms. The molecule has 0 aromatic heterocycles. The van der Waals surface area contributed by atoms with Crippen molar-refractivity contribution in [1.82, 2.24) is 10.9 Å². The van der Waals surface area contributed by atoms with Gasteiger partial charge in [-0.3, -0.25) is 20.4 Å². The summed E-state index contributed by atoms with van der Waals surface area (Å²) in [5.41, 5.74) is 5.29. The first-order valence-corrected chi connectivity index (χ1v) is 7.62. The number of methoxy groups -OCH3 is 1. The predicted octanol–water partition coefficient (Wildman–Crippen LogP) is 1.99. The molecule has 0 saturated heterocycles. The molecule has 0 radical (unpaired) electrons. The van der Waals surface area contributed by atoms with Gasteiger partial charge in [0.1, 0.15) is 5.75 Å². The van der Waals surface area contributed by atoms with Crippen LogP contribution in [0.3, 0.4) is 0 Å². The van der Waals surface area contributed by atoms with Crippen LogP contribution < -0.4 is 20.3 Å². The number of para-hydroxylation sites is 1. The lowest BCUT2D eigenvalue weighted by atomic mass is 10.1. The van der Waals surface area contributed by atoms with Crippen molar-refractivity contribution in [2.45, 2.75) is 19.4 Å². The zero-order chi connectivity index (χ0) is 18.2. The van der Waals surface area contributed by atoms with Crippen molar-refractivity contribution in [2.24, 2.45) is 0 Å². The van der Waals surface area contributed by atoms with Crippen molar-refractivity contribution < 1.29 is 23.5 Å². The molecule has 2 amide bonds. The van der Waals surface area contributed by atoms with Crippen molar-refractivity contribution >= 4 is 11.8 Å². The van der Waals surface area contributed by atoms with E-state index in [0.717, 1.165) is 5.56 Å². The zero-order valence-corrected chi connectivity index (χ0v) is 13.9. The Balaban J connectivity index is 1.82. The van der Waals surface area contributed by atoms with Crippen LogP contribution >= 0.6 is 0 Å². The molecule has 2 N–H and O–H groups in total. The normalized spacial score (nSPS) is 11.3. The van der Waals surface area contributed by atoms with Gasteiger partial charge in [-0.05, 0) is 36.8 Å². The molecule has 0 saturated carbocycles. The van der Waals surface area contributed by atoms with Crippen LogP contribution in [-0.4, -0.2) is 25.0 Å². The number of carbonyl (C=O) groups excluding carboxylic acids is 2. The highest BCUT2D eigenvalue weighted by Crippen LogP contribution is 2.17. The molecule has 0 fully saturated rings. The molecule has 6 nitrogen and oxygen atoms in total. The van der Waals surface area contributed by atoms with E-state index in [2.05, 4.69) is 10.9 Å². The van der Waals surface area contributed by atoms with Gasteiger partial charge in [-0.2, -0.15) is 0 Å². The van der Waals surface area contributed by atoms with Crippen LogP contribution in [0.15, 0.2) is 48.5 Å². The maximum Gasteiger partial charge on any atom is 0.279 e. The third-order valence-electron chi connectivity index (χ3n) is 3.33. The summed E-state index contributed by atoms with van der Waals surface area (Å²) in [7, 11) is 1.54. The summed E-state index contributed by atoms with van der Waals surface area (Å²) in [5, 5.41) is 0. The second-order valence-corrected chi connectivity index (χ2v) is 5.26. The molecule has 0 heterocycles. The fourth-order valence-electron chi connectivity index (χ4n) is 2.03. The number of hydrazine groups is 1. The summed E-state index contributed by atoms with van der Waals surface area (Å²) in [6.45, 7) is 1.45. The van der Waals surface area contributed by atoms with Crippen molar-refractivity contribution in [1.29, 1.82) is 0 Å². The Morgan fingerprint density at radius 1 is 1.12 bits per heavy atom. The number of ether oxygens (including phenoxy) is 2. The van der Waals surface area contributed by atoms with E-state index >= 15 is 0 Å². The summed E-state index contributed by atoms with van der Waals surface area (Å²) in [4.78, 5) is 23.8. The molecule has 0 bridgehead atoms. The van der Waals surface area contributed by atoms with Crippen molar-refractivity contribution in [3.8, 4) is 11.5 Å². The number of hydrogen-bond acceptors (Lipinski definition) is 4. The Morgan fingerprint density at radius 3 is 2.60 bits per heavy atom.